The highest BCUT2D eigenvalue weighted by atomic mass is 32.1. The molecule has 1 rings (SSSR count). The molecule has 82 valence electrons. The fourth-order valence-corrected chi connectivity index (χ4v) is 1.85. The number of aliphatic hydroxyl groups excluding tert-OH is 1. The number of hydrogen-bond donors (Lipinski definition) is 3. The Bertz CT molecular complexity index is 199. The Balaban J connectivity index is 2.10. The van der Waals surface area contributed by atoms with Crippen LogP contribution >= 0.6 is 12.6 Å². The van der Waals surface area contributed by atoms with E-state index in [9.17, 15) is 4.79 Å². The summed E-state index contributed by atoms with van der Waals surface area (Å²) in [6.45, 7) is 4.50. The first kappa shape index (κ1) is 11.8. The van der Waals surface area contributed by atoms with E-state index in [-0.39, 0.29) is 17.3 Å². The summed E-state index contributed by atoms with van der Waals surface area (Å²) in [4.78, 5) is 13.1. The normalized spacial score (nSPS) is 24.4. The van der Waals surface area contributed by atoms with Gasteiger partial charge in [-0.25, -0.2) is 0 Å². The predicted octanol–water partition coefficient (Wildman–Crippen LogP) is -0.512. The summed E-state index contributed by atoms with van der Waals surface area (Å²) in [7, 11) is 0. The second-order valence-corrected chi connectivity index (χ2v) is 4.48. The molecular weight excluding hydrogens is 200 g/mol. The van der Waals surface area contributed by atoms with Crippen molar-refractivity contribution >= 4 is 18.5 Å². The van der Waals surface area contributed by atoms with Crippen molar-refractivity contribution in [3.8, 4) is 0 Å². The van der Waals surface area contributed by atoms with Crippen LogP contribution in [0.3, 0.4) is 0 Å². The zero-order valence-corrected chi connectivity index (χ0v) is 9.33. The van der Waals surface area contributed by atoms with E-state index in [1.165, 1.54) is 0 Å². The van der Waals surface area contributed by atoms with Crippen LogP contribution in [0.15, 0.2) is 0 Å². The zero-order chi connectivity index (χ0) is 10.6. The summed E-state index contributed by atoms with van der Waals surface area (Å²) in [5.41, 5.74) is 0. The number of amides is 1. The highest BCUT2D eigenvalue weighted by Crippen LogP contribution is 2.14. The molecular formula is C9H18N2O2S. The van der Waals surface area contributed by atoms with E-state index in [1.807, 2.05) is 4.90 Å². The Labute approximate surface area is 90.1 Å². The molecule has 0 radical (unpaired) electrons. The van der Waals surface area contributed by atoms with Crippen LogP contribution in [-0.2, 0) is 4.79 Å². The van der Waals surface area contributed by atoms with Crippen molar-refractivity contribution in [3.63, 3.8) is 0 Å². The van der Waals surface area contributed by atoms with E-state index >= 15 is 0 Å². The van der Waals surface area contributed by atoms with Gasteiger partial charge in [-0.2, -0.15) is 12.6 Å². The Morgan fingerprint density at radius 3 is 3.00 bits per heavy atom. The van der Waals surface area contributed by atoms with Crippen LogP contribution in [0, 0.1) is 0 Å². The monoisotopic (exact) mass is 218 g/mol. The lowest BCUT2D eigenvalue weighted by molar-refractivity contribution is -0.127. The van der Waals surface area contributed by atoms with Gasteiger partial charge in [0.1, 0.15) is 0 Å². The number of likely N-dealkylation sites (tertiary alicyclic amines) is 1. The minimum atomic E-state index is -0.332. The van der Waals surface area contributed by atoms with Gasteiger partial charge in [-0.15, -0.1) is 0 Å². The van der Waals surface area contributed by atoms with Crippen molar-refractivity contribution < 1.29 is 9.90 Å². The summed E-state index contributed by atoms with van der Waals surface area (Å²) in [6.07, 6.45) is 0.224. The highest BCUT2D eigenvalue weighted by Gasteiger charge is 2.26. The lowest BCUT2D eigenvalue weighted by atomic mass is 10.4. The Hall–Kier alpha value is -0.260. The van der Waals surface area contributed by atoms with Crippen LogP contribution in [0.2, 0.25) is 0 Å². The molecule has 1 saturated heterocycles. The molecule has 2 atom stereocenters. The summed E-state index contributed by atoms with van der Waals surface area (Å²) in [5, 5.41) is 12.3. The Morgan fingerprint density at radius 2 is 2.50 bits per heavy atom. The molecule has 5 heteroatoms. The number of carbonyl (C=O) groups excluding carboxylic acids is 1. The van der Waals surface area contributed by atoms with Crippen LogP contribution in [0.25, 0.3) is 0 Å². The third kappa shape index (κ3) is 3.86. The number of nitrogens with zero attached hydrogens (tertiary/aromatic N) is 1. The van der Waals surface area contributed by atoms with Crippen LogP contribution in [0.4, 0.5) is 0 Å². The maximum absolute atomic E-state index is 11.3. The fourth-order valence-electron chi connectivity index (χ4n) is 1.49. The standard InChI is InChI=1S/C9H18N2O2S/c1-7(12)5-10-2-3-11-6-8(14)4-9(11)13/h7-8,10,12,14H,2-6H2,1H3. The lowest BCUT2D eigenvalue weighted by Crippen LogP contribution is -2.35. The Kier molecular flexibility index (Phi) is 4.71. The smallest absolute Gasteiger partial charge is 0.223 e. The van der Waals surface area contributed by atoms with Crippen LogP contribution in [0.1, 0.15) is 13.3 Å². The van der Waals surface area contributed by atoms with Crippen molar-refractivity contribution in [2.75, 3.05) is 26.2 Å². The molecule has 1 heterocycles. The number of hydrogen-bond acceptors (Lipinski definition) is 4. The van der Waals surface area contributed by atoms with Gasteiger partial charge in [-0.05, 0) is 6.92 Å². The van der Waals surface area contributed by atoms with Gasteiger partial charge in [0.2, 0.25) is 5.91 Å². The molecule has 0 aromatic heterocycles. The number of rotatable bonds is 5. The molecule has 0 saturated carbocycles. The highest BCUT2D eigenvalue weighted by molar-refractivity contribution is 7.81. The molecule has 0 aromatic rings. The fraction of sp³-hybridized carbons (Fsp3) is 0.889. The van der Waals surface area contributed by atoms with Crippen molar-refractivity contribution in [2.45, 2.75) is 24.7 Å². The number of carbonyl (C=O) groups is 1. The maximum atomic E-state index is 11.3. The van der Waals surface area contributed by atoms with E-state index in [0.717, 1.165) is 13.1 Å². The topological polar surface area (TPSA) is 52.6 Å². The van der Waals surface area contributed by atoms with Gasteiger partial charge in [0.15, 0.2) is 0 Å². The van der Waals surface area contributed by atoms with E-state index in [2.05, 4.69) is 17.9 Å². The van der Waals surface area contributed by atoms with Gasteiger partial charge >= 0.3 is 0 Å². The summed E-state index contributed by atoms with van der Waals surface area (Å²) in [6, 6.07) is 0. The van der Waals surface area contributed by atoms with E-state index < -0.39 is 0 Å². The summed E-state index contributed by atoms with van der Waals surface area (Å²) >= 11 is 4.27. The summed E-state index contributed by atoms with van der Waals surface area (Å²) in [5.74, 6) is 0.184. The first-order valence-corrected chi connectivity index (χ1v) is 5.46. The summed E-state index contributed by atoms with van der Waals surface area (Å²) < 4.78 is 0. The SMILES string of the molecule is CC(O)CNCCN1CC(S)CC1=O. The molecule has 0 spiro atoms. The van der Waals surface area contributed by atoms with E-state index in [4.69, 9.17) is 5.11 Å². The van der Waals surface area contributed by atoms with E-state index in [0.29, 0.717) is 19.5 Å². The van der Waals surface area contributed by atoms with Gasteiger partial charge in [0.05, 0.1) is 6.10 Å². The van der Waals surface area contributed by atoms with Crippen molar-refractivity contribution in [1.29, 1.82) is 0 Å². The number of aliphatic hydroxyl groups is 1. The molecule has 0 bridgehead atoms. The second-order valence-electron chi connectivity index (χ2n) is 3.75. The quantitative estimate of drug-likeness (QED) is 0.430. The van der Waals surface area contributed by atoms with Gasteiger partial charge in [-0.1, -0.05) is 0 Å². The molecule has 2 N–H and O–H groups in total. The third-order valence-electron chi connectivity index (χ3n) is 2.19. The number of nitrogens with one attached hydrogen (secondary N) is 1. The van der Waals surface area contributed by atoms with Crippen LogP contribution < -0.4 is 5.32 Å². The average Bonchev–Trinajstić information content (AvgIpc) is 2.39. The first-order valence-electron chi connectivity index (χ1n) is 4.94. The molecule has 1 aliphatic rings. The molecule has 0 aliphatic carbocycles. The number of thiol groups is 1. The van der Waals surface area contributed by atoms with Crippen molar-refractivity contribution in [1.82, 2.24) is 10.2 Å². The zero-order valence-electron chi connectivity index (χ0n) is 8.44. The molecule has 4 nitrogen and oxygen atoms in total. The molecule has 1 fully saturated rings. The van der Waals surface area contributed by atoms with Gasteiger partial charge < -0.3 is 15.3 Å². The van der Waals surface area contributed by atoms with Crippen LogP contribution in [0.5, 0.6) is 0 Å². The van der Waals surface area contributed by atoms with Crippen molar-refractivity contribution in [3.05, 3.63) is 0 Å². The molecule has 14 heavy (non-hydrogen) atoms. The van der Waals surface area contributed by atoms with E-state index in [1.54, 1.807) is 6.92 Å². The lowest BCUT2D eigenvalue weighted by Gasteiger charge is -2.16. The van der Waals surface area contributed by atoms with Crippen LogP contribution in [-0.4, -0.2) is 53.4 Å². The maximum Gasteiger partial charge on any atom is 0.223 e. The van der Waals surface area contributed by atoms with Gasteiger partial charge in [0.25, 0.3) is 0 Å². The Morgan fingerprint density at radius 1 is 1.79 bits per heavy atom. The minimum Gasteiger partial charge on any atom is -0.392 e. The molecule has 2 unspecified atom stereocenters. The minimum absolute atomic E-state index is 0.184. The predicted molar refractivity (Wildman–Crippen MR) is 58.5 cm³/mol. The second kappa shape index (κ2) is 5.58. The van der Waals surface area contributed by atoms with Gasteiger partial charge in [0, 0.05) is 37.8 Å². The molecule has 0 aromatic carbocycles. The first-order chi connectivity index (χ1) is 6.59. The largest absolute Gasteiger partial charge is 0.392 e. The van der Waals surface area contributed by atoms with Gasteiger partial charge in [-0.3, -0.25) is 4.79 Å². The molecule has 1 aliphatic heterocycles. The third-order valence-corrected chi connectivity index (χ3v) is 2.54. The molecule has 1 amide bonds. The van der Waals surface area contributed by atoms with Crippen molar-refractivity contribution in [2.24, 2.45) is 0 Å². The average molecular weight is 218 g/mol.